The third-order valence-corrected chi connectivity index (χ3v) is 4.10. The summed E-state index contributed by atoms with van der Waals surface area (Å²) in [5.41, 5.74) is 2.00. The van der Waals surface area contributed by atoms with E-state index in [-0.39, 0.29) is 11.3 Å². The zero-order valence-electron chi connectivity index (χ0n) is 11.2. The number of nitrogens with one attached hydrogen (secondary N) is 1. The van der Waals surface area contributed by atoms with Gasteiger partial charge in [0.25, 0.3) is 5.91 Å². The van der Waals surface area contributed by atoms with Gasteiger partial charge in [0.15, 0.2) is 0 Å². The van der Waals surface area contributed by atoms with Crippen LogP contribution in [-0.4, -0.2) is 26.2 Å². The lowest BCUT2D eigenvalue weighted by molar-refractivity contribution is 0.0938. The van der Waals surface area contributed by atoms with Crippen LogP contribution in [0, 0.1) is 5.41 Å². The summed E-state index contributed by atoms with van der Waals surface area (Å²) >= 11 is 5.72. The summed E-state index contributed by atoms with van der Waals surface area (Å²) in [4.78, 5) is 12.0. The summed E-state index contributed by atoms with van der Waals surface area (Å²) in [5.74, 6) is 0.465. The lowest BCUT2D eigenvalue weighted by atomic mass is 10.0. The molecule has 1 aliphatic carbocycles. The van der Waals surface area contributed by atoms with Gasteiger partial charge < -0.3 is 10.1 Å². The molecule has 0 radical (unpaired) electrons. The molecule has 3 nitrogen and oxygen atoms in total. The molecule has 1 aliphatic rings. The fourth-order valence-corrected chi connectivity index (χ4v) is 2.30. The third-order valence-electron chi connectivity index (χ3n) is 3.79. The van der Waals surface area contributed by atoms with Crippen LogP contribution in [0.2, 0.25) is 0 Å². The molecule has 0 atom stereocenters. The molecule has 2 rings (SSSR count). The zero-order chi connectivity index (χ0) is 13.7. The number of alkyl halides is 1. The first-order chi connectivity index (χ1) is 9.19. The molecule has 19 heavy (non-hydrogen) atoms. The second kappa shape index (κ2) is 6.40. The zero-order valence-corrected chi connectivity index (χ0v) is 12.0. The van der Waals surface area contributed by atoms with Gasteiger partial charge in [-0.2, -0.15) is 0 Å². The average Bonchev–Trinajstić information content (AvgIpc) is 3.23. The first-order valence-electron chi connectivity index (χ1n) is 6.61. The number of carbonyl (C=O) groups is 1. The van der Waals surface area contributed by atoms with Gasteiger partial charge in [-0.05, 0) is 42.4 Å². The predicted octanol–water partition coefficient (Wildman–Crippen LogP) is 2.97. The lowest BCUT2D eigenvalue weighted by Crippen LogP contribution is -2.30. The van der Waals surface area contributed by atoms with Gasteiger partial charge in [0.2, 0.25) is 0 Å². The average molecular weight is 282 g/mol. The highest BCUT2D eigenvalue weighted by molar-refractivity contribution is 6.17. The van der Waals surface area contributed by atoms with Gasteiger partial charge in [-0.1, -0.05) is 12.1 Å². The van der Waals surface area contributed by atoms with Crippen LogP contribution in [0.1, 0.15) is 35.2 Å². The SMILES string of the molecule is COCCC1(CNC(=O)c2ccc(CCl)cc2)CC1. The second-order valence-corrected chi connectivity index (χ2v) is 5.52. The standard InChI is InChI=1S/C15H20ClNO2/c1-19-9-8-15(6-7-15)11-17-14(18)13-4-2-12(10-16)3-5-13/h2-5H,6-11H2,1H3,(H,17,18). The summed E-state index contributed by atoms with van der Waals surface area (Å²) in [7, 11) is 1.72. The van der Waals surface area contributed by atoms with Gasteiger partial charge >= 0.3 is 0 Å². The van der Waals surface area contributed by atoms with Crippen LogP contribution in [0.25, 0.3) is 0 Å². The molecule has 0 unspecified atom stereocenters. The molecule has 1 fully saturated rings. The van der Waals surface area contributed by atoms with Crippen molar-refractivity contribution in [3.05, 3.63) is 35.4 Å². The van der Waals surface area contributed by atoms with Gasteiger partial charge in [-0.3, -0.25) is 4.79 Å². The number of benzene rings is 1. The van der Waals surface area contributed by atoms with Crippen molar-refractivity contribution in [1.29, 1.82) is 0 Å². The highest BCUT2D eigenvalue weighted by Crippen LogP contribution is 2.48. The fraction of sp³-hybridized carbons (Fsp3) is 0.533. The van der Waals surface area contributed by atoms with E-state index >= 15 is 0 Å². The van der Waals surface area contributed by atoms with E-state index in [4.69, 9.17) is 16.3 Å². The van der Waals surface area contributed by atoms with Crippen LogP contribution in [0.15, 0.2) is 24.3 Å². The first kappa shape index (κ1) is 14.4. The number of methoxy groups -OCH3 is 1. The van der Waals surface area contributed by atoms with Crippen LogP contribution in [0.4, 0.5) is 0 Å². The summed E-state index contributed by atoms with van der Waals surface area (Å²) in [6.45, 7) is 1.51. The summed E-state index contributed by atoms with van der Waals surface area (Å²) < 4.78 is 5.11. The first-order valence-corrected chi connectivity index (χ1v) is 7.15. The van der Waals surface area contributed by atoms with E-state index in [2.05, 4.69) is 5.32 Å². The van der Waals surface area contributed by atoms with Crippen LogP contribution in [0.5, 0.6) is 0 Å². The van der Waals surface area contributed by atoms with E-state index in [0.717, 1.165) is 25.1 Å². The Kier molecular flexibility index (Phi) is 4.83. The molecule has 1 N–H and O–H groups in total. The predicted molar refractivity (Wildman–Crippen MR) is 76.5 cm³/mol. The highest BCUT2D eigenvalue weighted by atomic mass is 35.5. The van der Waals surface area contributed by atoms with E-state index < -0.39 is 0 Å². The number of hydrogen-bond donors (Lipinski definition) is 1. The van der Waals surface area contributed by atoms with Gasteiger partial charge in [0.05, 0.1) is 0 Å². The molecule has 1 aromatic rings. The number of ether oxygens (including phenoxy) is 1. The van der Waals surface area contributed by atoms with Gasteiger partial charge in [0.1, 0.15) is 0 Å². The minimum Gasteiger partial charge on any atom is -0.385 e. The van der Waals surface area contributed by atoms with Crippen molar-refractivity contribution in [2.24, 2.45) is 5.41 Å². The molecule has 1 amide bonds. The van der Waals surface area contributed by atoms with E-state index in [9.17, 15) is 4.79 Å². The van der Waals surface area contributed by atoms with Crippen LogP contribution in [-0.2, 0) is 10.6 Å². The van der Waals surface area contributed by atoms with Gasteiger partial charge in [-0.15, -0.1) is 11.6 Å². The van der Waals surface area contributed by atoms with Crippen molar-refractivity contribution in [3.8, 4) is 0 Å². The maximum absolute atomic E-state index is 12.0. The van der Waals surface area contributed by atoms with Crippen molar-refractivity contribution < 1.29 is 9.53 Å². The molecule has 0 spiro atoms. The van der Waals surface area contributed by atoms with E-state index in [1.807, 2.05) is 24.3 Å². The summed E-state index contributed by atoms with van der Waals surface area (Å²) in [5, 5.41) is 3.02. The highest BCUT2D eigenvalue weighted by Gasteiger charge is 2.42. The number of carbonyl (C=O) groups excluding carboxylic acids is 1. The third kappa shape index (κ3) is 3.95. The normalized spacial score (nSPS) is 16.1. The Hall–Kier alpha value is -1.06. The number of amides is 1. The van der Waals surface area contributed by atoms with Crippen molar-refractivity contribution in [1.82, 2.24) is 5.32 Å². The summed E-state index contributed by atoms with van der Waals surface area (Å²) in [6, 6.07) is 7.42. The maximum Gasteiger partial charge on any atom is 0.251 e. The van der Waals surface area contributed by atoms with Gasteiger partial charge in [-0.25, -0.2) is 0 Å². The van der Waals surface area contributed by atoms with Crippen LogP contribution >= 0.6 is 11.6 Å². The fourth-order valence-electron chi connectivity index (χ4n) is 2.13. The molecule has 4 heteroatoms. The Labute approximate surface area is 119 Å². The maximum atomic E-state index is 12.0. The second-order valence-electron chi connectivity index (χ2n) is 5.26. The van der Waals surface area contributed by atoms with Gasteiger partial charge in [0, 0.05) is 31.7 Å². The number of rotatable bonds is 7. The van der Waals surface area contributed by atoms with Crippen molar-refractivity contribution >= 4 is 17.5 Å². The molecule has 0 heterocycles. The van der Waals surface area contributed by atoms with E-state index in [1.54, 1.807) is 7.11 Å². The molecule has 1 aromatic carbocycles. The molecular formula is C15H20ClNO2. The number of halogens is 1. The smallest absolute Gasteiger partial charge is 0.251 e. The van der Waals surface area contributed by atoms with Crippen molar-refractivity contribution in [3.63, 3.8) is 0 Å². The Balaban J connectivity index is 1.83. The van der Waals surface area contributed by atoms with E-state index in [1.165, 1.54) is 12.8 Å². The minimum atomic E-state index is -0.00943. The Morgan fingerprint density at radius 1 is 1.37 bits per heavy atom. The molecule has 1 saturated carbocycles. The Bertz CT molecular complexity index is 426. The molecule has 0 bridgehead atoms. The minimum absolute atomic E-state index is 0.00943. The quantitative estimate of drug-likeness (QED) is 0.781. The van der Waals surface area contributed by atoms with Crippen molar-refractivity contribution in [2.45, 2.75) is 25.1 Å². The topological polar surface area (TPSA) is 38.3 Å². The van der Waals surface area contributed by atoms with E-state index in [0.29, 0.717) is 11.4 Å². The summed E-state index contributed by atoms with van der Waals surface area (Å²) in [6.07, 6.45) is 3.39. The molecule has 0 saturated heterocycles. The van der Waals surface area contributed by atoms with Crippen LogP contribution < -0.4 is 5.32 Å². The molecular weight excluding hydrogens is 262 g/mol. The van der Waals surface area contributed by atoms with Crippen LogP contribution in [0.3, 0.4) is 0 Å². The molecule has 104 valence electrons. The largest absolute Gasteiger partial charge is 0.385 e. The van der Waals surface area contributed by atoms with Crippen molar-refractivity contribution in [2.75, 3.05) is 20.3 Å². The monoisotopic (exact) mass is 281 g/mol. The Morgan fingerprint density at radius 2 is 2.05 bits per heavy atom. The molecule has 0 aliphatic heterocycles. The Morgan fingerprint density at radius 3 is 2.58 bits per heavy atom. The number of hydrogen-bond acceptors (Lipinski definition) is 2. The molecule has 0 aromatic heterocycles. The lowest BCUT2D eigenvalue weighted by Gasteiger charge is -2.15.